The van der Waals surface area contributed by atoms with Crippen molar-refractivity contribution in [2.75, 3.05) is 19.7 Å². The lowest BCUT2D eigenvalue weighted by Gasteiger charge is -2.10. The summed E-state index contributed by atoms with van der Waals surface area (Å²) in [6, 6.07) is 11.6. The summed E-state index contributed by atoms with van der Waals surface area (Å²) < 4.78 is 20.9. The van der Waals surface area contributed by atoms with Crippen LogP contribution in [0.1, 0.15) is 22.8 Å². The molecule has 8 nitrogen and oxygen atoms in total. The Kier molecular flexibility index (Phi) is 7.72. The van der Waals surface area contributed by atoms with Crippen molar-refractivity contribution < 1.29 is 18.7 Å². The molecule has 0 fully saturated rings. The van der Waals surface area contributed by atoms with Crippen molar-refractivity contribution in [3.05, 3.63) is 64.2 Å². The highest BCUT2D eigenvalue weighted by Crippen LogP contribution is 2.21. The first-order valence-corrected chi connectivity index (χ1v) is 10.5. The topological polar surface area (TPSA) is 101 Å². The van der Waals surface area contributed by atoms with Gasteiger partial charge in [0.15, 0.2) is 10.6 Å². The normalized spacial score (nSPS) is 10.6. The second-order valence-electron chi connectivity index (χ2n) is 6.97. The van der Waals surface area contributed by atoms with Gasteiger partial charge in [0.2, 0.25) is 5.91 Å². The molecule has 0 spiro atoms. The van der Waals surface area contributed by atoms with E-state index in [1.54, 1.807) is 23.6 Å². The molecule has 3 N–H and O–H groups in total. The Balaban J connectivity index is 1.53. The minimum atomic E-state index is -0.439. The maximum Gasteiger partial charge on any atom is 0.251 e. The molecule has 10 heteroatoms. The number of hydrogen-bond acceptors (Lipinski definition) is 5. The molecule has 0 bridgehead atoms. The van der Waals surface area contributed by atoms with Gasteiger partial charge in [-0.3, -0.25) is 19.3 Å². The maximum atomic E-state index is 13.6. The second kappa shape index (κ2) is 10.7. The van der Waals surface area contributed by atoms with Crippen LogP contribution in [0, 0.1) is 17.5 Å². The molecule has 0 aliphatic rings. The van der Waals surface area contributed by atoms with E-state index in [1.165, 1.54) is 6.07 Å². The van der Waals surface area contributed by atoms with Crippen LogP contribution in [0.3, 0.4) is 0 Å². The molecule has 0 saturated heterocycles. The van der Waals surface area contributed by atoms with Crippen LogP contribution in [-0.4, -0.2) is 46.3 Å². The number of halogens is 1. The van der Waals surface area contributed by atoms with Crippen molar-refractivity contribution in [2.45, 2.75) is 20.4 Å². The van der Waals surface area contributed by atoms with Gasteiger partial charge in [0, 0.05) is 24.2 Å². The summed E-state index contributed by atoms with van der Waals surface area (Å²) >= 11 is 5.25. The first kappa shape index (κ1) is 23.1. The van der Waals surface area contributed by atoms with Crippen LogP contribution in [0.15, 0.2) is 42.5 Å². The number of rotatable bonds is 9. The fraction of sp³-hybridized carbons (Fsp3) is 0.273. The lowest BCUT2D eigenvalue weighted by Crippen LogP contribution is -2.36. The lowest BCUT2D eigenvalue weighted by atomic mass is 10.1. The van der Waals surface area contributed by atoms with Gasteiger partial charge in [0.1, 0.15) is 18.1 Å². The van der Waals surface area contributed by atoms with Crippen LogP contribution in [-0.2, 0) is 11.3 Å². The third-order valence-corrected chi connectivity index (χ3v) is 4.96. The Morgan fingerprint density at radius 3 is 2.56 bits per heavy atom. The number of aromatic amines is 1. The number of nitrogens with one attached hydrogen (secondary N) is 3. The molecule has 3 rings (SSSR count). The van der Waals surface area contributed by atoms with E-state index in [9.17, 15) is 14.0 Å². The third kappa shape index (κ3) is 5.79. The average Bonchev–Trinajstić information content (AvgIpc) is 3.14. The number of ether oxygens (including phenoxy) is 1. The molecular formula is C22H24FN5O3S. The fourth-order valence-electron chi connectivity index (χ4n) is 2.97. The van der Waals surface area contributed by atoms with Gasteiger partial charge in [-0.1, -0.05) is 6.07 Å². The predicted molar refractivity (Wildman–Crippen MR) is 120 cm³/mol. The zero-order valence-corrected chi connectivity index (χ0v) is 18.6. The highest BCUT2D eigenvalue weighted by atomic mass is 32.1. The van der Waals surface area contributed by atoms with E-state index in [-0.39, 0.29) is 31.1 Å². The van der Waals surface area contributed by atoms with Crippen molar-refractivity contribution in [3.8, 4) is 17.1 Å². The van der Waals surface area contributed by atoms with Crippen molar-refractivity contribution >= 4 is 24.0 Å². The number of H-pyrrole nitrogens is 1. The first-order valence-electron chi connectivity index (χ1n) is 10.1. The summed E-state index contributed by atoms with van der Waals surface area (Å²) in [6.45, 7) is 4.48. The number of aromatic nitrogens is 3. The molecule has 168 valence electrons. The summed E-state index contributed by atoms with van der Waals surface area (Å²) in [5.74, 6) is 0.137. The Morgan fingerprint density at radius 2 is 1.88 bits per heavy atom. The van der Waals surface area contributed by atoms with Gasteiger partial charge in [0.05, 0.1) is 6.61 Å². The van der Waals surface area contributed by atoms with Crippen LogP contribution in [0.25, 0.3) is 11.4 Å². The number of aryl methyl sites for hydroxylation is 1. The van der Waals surface area contributed by atoms with Crippen molar-refractivity contribution in [1.29, 1.82) is 0 Å². The van der Waals surface area contributed by atoms with Gasteiger partial charge in [-0.05, 0) is 68.0 Å². The molecule has 1 aromatic heterocycles. The molecule has 0 atom stereocenters. The largest absolute Gasteiger partial charge is 0.494 e. The van der Waals surface area contributed by atoms with Gasteiger partial charge in [-0.25, -0.2) is 4.39 Å². The molecule has 2 aromatic carbocycles. The number of benzene rings is 2. The molecule has 3 aromatic rings. The van der Waals surface area contributed by atoms with E-state index < -0.39 is 11.7 Å². The van der Waals surface area contributed by atoms with E-state index in [0.717, 1.165) is 11.3 Å². The molecule has 0 aliphatic heterocycles. The molecule has 0 aliphatic carbocycles. The smallest absolute Gasteiger partial charge is 0.251 e. The highest BCUT2D eigenvalue weighted by molar-refractivity contribution is 7.71. The Bertz CT molecular complexity index is 1160. The predicted octanol–water partition coefficient (Wildman–Crippen LogP) is 3.00. The van der Waals surface area contributed by atoms with Gasteiger partial charge < -0.3 is 15.4 Å². The molecule has 32 heavy (non-hydrogen) atoms. The van der Waals surface area contributed by atoms with Crippen molar-refractivity contribution in [2.24, 2.45) is 0 Å². The number of nitrogens with zero attached hydrogens (tertiary/aromatic N) is 2. The SMILES string of the molecule is CCOc1ccc(-c2n[nH]c(=S)n2CC(=O)NCCNC(=O)c2ccc(C)c(F)c2)cc1. The third-order valence-electron chi connectivity index (χ3n) is 4.65. The summed E-state index contributed by atoms with van der Waals surface area (Å²) in [6.07, 6.45) is 0. The Hall–Kier alpha value is -3.53. The van der Waals surface area contributed by atoms with Crippen LogP contribution in [0.2, 0.25) is 0 Å². The molecular weight excluding hydrogens is 433 g/mol. The van der Waals surface area contributed by atoms with E-state index in [2.05, 4.69) is 20.8 Å². The minimum Gasteiger partial charge on any atom is -0.494 e. The standard InChI is InChI=1S/C22H24FN5O3S/c1-3-31-17-8-6-15(7-9-17)20-26-27-22(32)28(20)13-19(29)24-10-11-25-21(30)16-5-4-14(2)18(23)12-16/h4-9,12H,3,10-11,13H2,1-2H3,(H,24,29)(H,25,30)(H,27,32). The summed E-state index contributed by atoms with van der Waals surface area (Å²) in [4.78, 5) is 24.5. The summed E-state index contributed by atoms with van der Waals surface area (Å²) in [5.41, 5.74) is 1.48. The van der Waals surface area contributed by atoms with Gasteiger partial charge in [0.25, 0.3) is 5.91 Å². The van der Waals surface area contributed by atoms with Crippen LogP contribution >= 0.6 is 12.2 Å². The van der Waals surface area contributed by atoms with Crippen molar-refractivity contribution in [3.63, 3.8) is 0 Å². The Morgan fingerprint density at radius 1 is 1.16 bits per heavy atom. The zero-order valence-electron chi connectivity index (χ0n) is 17.8. The van der Waals surface area contributed by atoms with Crippen LogP contribution < -0.4 is 15.4 Å². The molecule has 1 heterocycles. The van der Waals surface area contributed by atoms with E-state index in [4.69, 9.17) is 17.0 Å². The average molecular weight is 458 g/mol. The number of carbonyl (C=O) groups excluding carboxylic acids is 2. The monoisotopic (exact) mass is 457 g/mol. The maximum absolute atomic E-state index is 13.6. The number of carbonyl (C=O) groups is 2. The van der Waals surface area contributed by atoms with E-state index >= 15 is 0 Å². The first-order chi connectivity index (χ1) is 15.4. The molecule has 0 unspecified atom stereocenters. The van der Waals surface area contributed by atoms with E-state index in [0.29, 0.717) is 22.8 Å². The lowest BCUT2D eigenvalue weighted by molar-refractivity contribution is -0.121. The minimum absolute atomic E-state index is 0.0327. The molecule has 0 radical (unpaired) electrons. The van der Waals surface area contributed by atoms with Crippen LogP contribution in [0.5, 0.6) is 5.75 Å². The van der Waals surface area contributed by atoms with E-state index in [1.807, 2.05) is 31.2 Å². The van der Waals surface area contributed by atoms with Gasteiger partial charge >= 0.3 is 0 Å². The Labute approximate surface area is 189 Å². The molecule has 2 amide bonds. The van der Waals surface area contributed by atoms with Gasteiger partial charge in [-0.15, -0.1) is 0 Å². The quantitative estimate of drug-likeness (QED) is 0.339. The van der Waals surface area contributed by atoms with Gasteiger partial charge in [-0.2, -0.15) is 5.10 Å². The van der Waals surface area contributed by atoms with Crippen molar-refractivity contribution in [1.82, 2.24) is 25.4 Å². The van der Waals surface area contributed by atoms with Crippen LogP contribution in [0.4, 0.5) is 4.39 Å². The number of amides is 2. The highest BCUT2D eigenvalue weighted by Gasteiger charge is 2.13. The second-order valence-corrected chi connectivity index (χ2v) is 7.35. The fourth-order valence-corrected chi connectivity index (χ4v) is 3.16. The summed E-state index contributed by atoms with van der Waals surface area (Å²) in [7, 11) is 0. The molecule has 0 saturated carbocycles. The summed E-state index contributed by atoms with van der Waals surface area (Å²) in [5, 5.41) is 12.3. The zero-order chi connectivity index (χ0) is 23.1. The number of hydrogen-bond donors (Lipinski definition) is 3.